The lowest BCUT2D eigenvalue weighted by atomic mass is 10.1. The maximum Gasteiger partial charge on any atom is 0.287 e. The number of aliphatic hydroxyl groups excluding tert-OH is 2. The van der Waals surface area contributed by atoms with E-state index in [0.717, 1.165) is 6.20 Å². The smallest absolute Gasteiger partial charge is 0.287 e. The van der Waals surface area contributed by atoms with Crippen molar-refractivity contribution in [2.45, 2.75) is 18.6 Å². The number of rotatable bonds is 5. The fourth-order valence-electron chi connectivity index (χ4n) is 1.15. The molecule has 1 aromatic heterocycles. The first-order valence-corrected chi connectivity index (χ1v) is 5.71. The molecule has 0 radical (unpaired) electrons. The second-order valence-corrected chi connectivity index (χ2v) is 3.98. The summed E-state index contributed by atoms with van der Waals surface area (Å²) in [4.78, 5) is 13.5. The number of hydrogen-bond donors (Lipinski definition) is 2. The maximum absolute atomic E-state index is 10.4. The zero-order chi connectivity index (χ0) is 12.1. The average Bonchev–Trinajstić information content (AvgIpc) is 2.28. The van der Waals surface area contributed by atoms with Crippen molar-refractivity contribution in [2.75, 3.05) is 5.33 Å². The van der Waals surface area contributed by atoms with Crippen molar-refractivity contribution in [2.24, 2.45) is 0 Å². The molecule has 0 saturated heterocycles. The summed E-state index contributed by atoms with van der Waals surface area (Å²) in [5, 5.41) is 30.1. The number of aromatic nitrogens is 1. The van der Waals surface area contributed by atoms with Crippen molar-refractivity contribution in [3.8, 4) is 0 Å². The molecular formula is C9H11BrN2O4. The third kappa shape index (κ3) is 3.22. The number of nitrogens with zero attached hydrogens (tertiary/aromatic N) is 2. The largest absolute Gasteiger partial charge is 0.390 e. The number of halogens is 1. The minimum absolute atomic E-state index is 0.147. The lowest BCUT2D eigenvalue weighted by Gasteiger charge is -2.15. The summed E-state index contributed by atoms with van der Waals surface area (Å²) in [6.45, 7) is 0. The Bertz CT molecular complexity index is 357. The normalized spacial score (nSPS) is 14.4. The standard InChI is InChI=1S/C9H11BrN2O4/c10-4-3-8(13)9(14)7-2-1-6(5-11-7)12(15)16/h1-2,5,8-9,13-14H,3-4H2. The fourth-order valence-corrected chi connectivity index (χ4v) is 1.62. The number of aliphatic hydroxyl groups is 2. The Morgan fingerprint density at radius 2 is 2.19 bits per heavy atom. The minimum Gasteiger partial charge on any atom is -0.390 e. The highest BCUT2D eigenvalue weighted by Crippen LogP contribution is 2.19. The van der Waals surface area contributed by atoms with Crippen LogP contribution in [0.2, 0.25) is 0 Å². The van der Waals surface area contributed by atoms with Gasteiger partial charge in [0.1, 0.15) is 12.3 Å². The molecular weight excluding hydrogens is 280 g/mol. The van der Waals surface area contributed by atoms with E-state index >= 15 is 0 Å². The van der Waals surface area contributed by atoms with Gasteiger partial charge in [-0.25, -0.2) is 0 Å². The number of hydrogen-bond acceptors (Lipinski definition) is 5. The van der Waals surface area contributed by atoms with E-state index in [-0.39, 0.29) is 11.4 Å². The molecule has 88 valence electrons. The SMILES string of the molecule is O=[N+]([O-])c1ccc(C(O)C(O)CCBr)nc1. The van der Waals surface area contributed by atoms with Gasteiger partial charge in [-0.3, -0.25) is 15.1 Å². The fraction of sp³-hybridized carbons (Fsp3) is 0.444. The van der Waals surface area contributed by atoms with Gasteiger partial charge in [0, 0.05) is 11.4 Å². The van der Waals surface area contributed by atoms with Gasteiger partial charge in [0.05, 0.1) is 16.7 Å². The van der Waals surface area contributed by atoms with E-state index in [4.69, 9.17) is 0 Å². The summed E-state index contributed by atoms with van der Waals surface area (Å²) < 4.78 is 0. The molecule has 16 heavy (non-hydrogen) atoms. The van der Waals surface area contributed by atoms with Gasteiger partial charge in [0.2, 0.25) is 0 Å². The van der Waals surface area contributed by atoms with E-state index in [9.17, 15) is 20.3 Å². The van der Waals surface area contributed by atoms with Crippen molar-refractivity contribution < 1.29 is 15.1 Å². The van der Waals surface area contributed by atoms with Gasteiger partial charge in [0.25, 0.3) is 5.69 Å². The third-order valence-electron chi connectivity index (χ3n) is 2.05. The highest BCUT2D eigenvalue weighted by Gasteiger charge is 2.19. The van der Waals surface area contributed by atoms with E-state index in [1.54, 1.807) is 0 Å². The molecule has 0 amide bonds. The van der Waals surface area contributed by atoms with Crippen LogP contribution in [0.15, 0.2) is 18.3 Å². The van der Waals surface area contributed by atoms with Gasteiger partial charge in [-0.05, 0) is 12.5 Å². The molecule has 0 aliphatic heterocycles. The second kappa shape index (κ2) is 5.88. The second-order valence-electron chi connectivity index (χ2n) is 3.19. The highest BCUT2D eigenvalue weighted by molar-refractivity contribution is 9.09. The zero-order valence-electron chi connectivity index (χ0n) is 8.28. The Kier molecular flexibility index (Phi) is 4.78. The zero-order valence-corrected chi connectivity index (χ0v) is 9.87. The molecule has 2 unspecified atom stereocenters. The van der Waals surface area contributed by atoms with Crippen molar-refractivity contribution in [3.05, 3.63) is 34.1 Å². The maximum atomic E-state index is 10.4. The molecule has 0 aromatic carbocycles. The summed E-state index contributed by atoms with van der Waals surface area (Å²) in [7, 11) is 0. The van der Waals surface area contributed by atoms with Gasteiger partial charge in [0.15, 0.2) is 0 Å². The predicted molar refractivity (Wildman–Crippen MR) is 60.3 cm³/mol. The first kappa shape index (κ1) is 13.0. The van der Waals surface area contributed by atoms with Crippen LogP contribution in [0.1, 0.15) is 18.2 Å². The van der Waals surface area contributed by atoms with Crippen LogP contribution in [-0.2, 0) is 0 Å². The van der Waals surface area contributed by atoms with Gasteiger partial charge >= 0.3 is 0 Å². The molecule has 0 spiro atoms. The van der Waals surface area contributed by atoms with Crippen LogP contribution in [0, 0.1) is 10.1 Å². The van der Waals surface area contributed by atoms with E-state index in [1.165, 1.54) is 12.1 Å². The highest BCUT2D eigenvalue weighted by atomic mass is 79.9. The van der Waals surface area contributed by atoms with E-state index in [0.29, 0.717) is 11.8 Å². The lowest BCUT2D eigenvalue weighted by Crippen LogP contribution is -2.19. The van der Waals surface area contributed by atoms with E-state index in [1.807, 2.05) is 0 Å². The van der Waals surface area contributed by atoms with Crippen LogP contribution in [0.4, 0.5) is 5.69 Å². The minimum atomic E-state index is -1.13. The average molecular weight is 291 g/mol. The van der Waals surface area contributed by atoms with Gasteiger partial charge in [-0.15, -0.1) is 0 Å². The summed E-state index contributed by atoms with van der Waals surface area (Å²) in [5.74, 6) is 0. The number of alkyl halides is 1. The molecule has 0 aliphatic carbocycles. The first-order chi connectivity index (χ1) is 7.56. The number of nitro groups is 1. The van der Waals surface area contributed by atoms with Crippen LogP contribution in [0.5, 0.6) is 0 Å². The van der Waals surface area contributed by atoms with E-state index < -0.39 is 17.1 Å². The molecule has 0 aliphatic rings. The Balaban J connectivity index is 2.77. The summed E-state index contributed by atoms with van der Waals surface area (Å²) in [5.41, 5.74) is 0.0741. The Morgan fingerprint density at radius 1 is 1.50 bits per heavy atom. The van der Waals surface area contributed by atoms with Crippen molar-refractivity contribution in [1.82, 2.24) is 4.98 Å². The molecule has 1 heterocycles. The molecule has 1 rings (SSSR count). The van der Waals surface area contributed by atoms with Crippen molar-refractivity contribution >= 4 is 21.6 Å². The molecule has 2 N–H and O–H groups in total. The molecule has 0 fully saturated rings. The lowest BCUT2D eigenvalue weighted by molar-refractivity contribution is -0.385. The van der Waals surface area contributed by atoms with Crippen LogP contribution in [0.3, 0.4) is 0 Å². The molecule has 1 aromatic rings. The van der Waals surface area contributed by atoms with Crippen LogP contribution >= 0.6 is 15.9 Å². The quantitative estimate of drug-likeness (QED) is 0.482. The Labute approximate surface area is 100 Å². The summed E-state index contributed by atoms with van der Waals surface area (Å²) >= 11 is 3.14. The molecule has 2 atom stereocenters. The van der Waals surface area contributed by atoms with Crippen LogP contribution in [-0.4, -0.2) is 31.6 Å². The third-order valence-corrected chi connectivity index (χ3v) is 2.51. The van der Waals surface area contributed by atoms with Crippen LogP contribution < -0.4 is 0 Å². The number of pyridine rings is 1. The van der Waals surface area contributed by atoms with Crippen LogP contribution in [0.25, 0.3) is 0 Å². The molecule has 7 heteroatoms. The van der Waals surface area contributed by atoms with Crippen molar-refractivity contribution in [1.29, 1.82) is 0 Å². The first-order valence-electron chi connectivity index (χ1n) is 4.58. The molecule has 6 nitrogen and oxygen atoms in total. The Hall–Kier alpha value is -1.05. The molecule has 0 bridgehead atoms. The topological polar surface area (TPSA) is 96.5 Å². The van der Waals surface area contributed by atoms with E-state index in [2.05, 4.69) is 20.9 Å². The molecule has 0 saturated carbocycles. The Morgan fingerprint density at radius 3 is 2.62 bits per heavy atom. The van der Waals surface area contributed by atoms with Crippen molar-refractivity contribution in [3.63, 3.8) is 0 Å². The predicted octanol–water partition coefficient (Wildman–Crippen LogP) is 1.17. The summed E-state index contributed by atoms with van der Waals surface area (Å²) in [6.07, 6.45) is -0.633. The van der Waals surface area contributed by atoms with Gasteiger partial charge in [-0.2, -0.15) is 0 Å². The van der Waals surface area contributed by atoms with Gasteiger partial charge in [-0.1, -0.05) is 15.9 Å². The summed E-state index contributed by atoms with van der Waals surface area (Å²) in [6, 6.07) is 2.58. The monoisotopic (exact) mass is 290 g/mol. The van der Waals surface area contributed by atoms with Gasteiger partial charge < -0.3 is 10.2 Å².